The Labute approximate surface area is 93.1 Å². The molecule has 0 aliphatic carbocycles. The molecule has 0 atom stereocenters. The van der Waals surface area contributed by atoms with Crippen LogP contribution in [-0.2, 0) is 6.54 Å². The van der Waals surface area contributed by atoms with Gasteiger partial charge in [-0.05, 0) is 18.2 Å². The number of ether oxygens (including phenoxy) is 1. The van der Waals surface area contributed by atoms with E-state index in [-0.39, 0.29) is 0 Å². The highest BCUT2D eigenvalue weighted by Crippen LogP contribution is 2.21. The van der Waals surface area contributed by atoms with E-state index in [9.17, 15) is 0 Å². The Balaban J connectivity index is 2.08. The minimum absolute atomic E-state index is 0.854. The van der Waals surface area contributed by atoms with Crippen LogP contribution in [0, 0.1) is 0 Å². The van der Waals surface area contributed by atoms with Crippen LogP contribution in [0.4, 0.5) is 5.95 Å². The molecule has 0 bridgehead atoms. The van der Waals surface area contributed by atoms with Gasteiger partial charge in [0.2, 0.25) is 5.82 Å². The van der Waals surface area contributed by atoms with Crippen molar-refractivity contribution in [3.05, 3.63) is 24.3 Å². The third-order valence-corrected chi connectivity index (χ3v) is 2.75. The fourth-order valence-corrected chi connectivity index (χ4v) is 1.96. The number of anilines is 1. The topological polar surface area (TPSA) is 53.8 Å². The lowest BCUT2D eigenvalue weighted by molar-refractivity contribution is -0.659. The van der Waals surface area contributed by atoms with Crippen LogP contribution in [0.25, 0.3) is 11.4 Å². The third-order valence-electron chi connectivity index (χ3n) is 2.75. The molecule has 1 aliphatic heterocycles. The van der Waals surface area contributed by atoms with Crippen molar-refractivity contribution in [3.8, 4) is 17.1 Å². The fraction of sp³-hybridized carbons (Fsp3) is 0.273. The molecule has 0 radical (unpaired) electrons. The highest BCUT2D eigenvalue weighted by atomic mass is 16.5. The number of hydrogen-bond donors (Lipinski definition) is 2. The maximum atomic E-state index is 5.21. The van der Waals surface area contributed by atoms with Crippen LogP contribution in [0.3, 0.4) is 0 Å². The minimum Gasteiger partial charge on any atom is -0.497 e. The van der Waals surface area contributed by atoms with E-state index in [4.69, 9.17) is 4.74 Å². The van der Waals surface area contributed by atoms with Gasteiger partial charge >= 0.3 is 5.95 Å². The molecule has 0 spiro atoms. The summed E-state index contributed by atoms with van der Waals surface area (Å²) in [5, 5.41) is 10.5. The average Bonchev–Trinajstić information content (AvgIpc) is 2.90. The van der Waals surface area contributed by atoms with Crippen LogP contribution in [0.1, 0.15) is 0 Å². The molecule has 2 N–H and O–H groups in total. The Morgan fingerprint density at radius 3 is 3.25 bits per heavy atom. The molecule has 16 heavy (non-hydrogen) atoms. The summed E-state index contributed by atoms with van der Waals surface area (Å²) < 4.78 is 7.35. The lowest BCUT2D eigenvalue weighted by Gasteiger charge is -2.01. The SMILES string of the molecule is COc1cccc(-c2[nH]nc3[n+]2CCN3)c1. The van der Waals surface area contributed by atoms with Gasteiger partial charge in [-0.1, -0.05) is 6.07 Å². The number of fused-ring (bicyclic) bond motifs is 1. The maximum absolute atomic E-state index is 5.21. The first kappa shape index (κ1) is 9.21. The second-order valence-electron chi connectivity index (χ2n) is 3.71. The van der Waals surface area contributed by atoms with Crippen LogP contribution in [-0.4, -0.2) is 23.9 Å². The molecular weight excluding hydrogens is 204 g/mol. The predicted octanol–water partition coefficient (Wildman–Crippen LogP) is 0.798. The Morgan fingerprint density at radius 1 is 1.44 bits per heavy atom. The second kappa shape index (κ2) is 3.52. The summed E-state index contributed by atoms with van der Waals surface area (Å²) in [6, 6.07) is 7.95. The van der Waals surface area contributed by atoms with Gasteiger partial charge < -0.3 is 4.74 Å². The standard InChI is InChI=1S/C11H12N4O/c1-16-9-4-2-3-8(7-9)10-13-14-11-12-5-6-15(10)11/h2-4,7H,5-6H2,1H3,(H,12,14)/p+1. The molecule has 0 fully saturated rings. The van der Waals surface area contributed by atoms with Crippen LogP contribution in [0.2, 0.25) is 0 Å². The van der Waals surface area contributed by atoms with Gasteiger partial charge in [0, 0.05) is 10.7 Å². The molecule has 5 heteroatoms. The summed E-state index contributed by atoms with van der Waals surface area (Å²) in [6.45, 7) is 1.88. The summed E-state index contributed by atoms with van der Waals surface area (Å²) in [5.74, 6) is 2.77. The van der Waals surface area contributed by atoms with Crippen LogP contribution >= 0.6 is 0 Å². The predicted molar refractivity (Wildman–Crippen MR) is 59.3 cm³/mol. The lowest BCUT2D eigenvalue weighted by atomic mass is 10.2. The van der Waals surface area contributed by atoms with E-state index < -0.39 is 0 Å². The number of aromatic amines is 1. The average molecular weight is 217 g/mol. The number of nitrogens with one attached hydrogen (secondary N) is 2. The van der Waals surface area contributed by atoms with E-state index in [0.717, 1.165) is 36.2 Å². The number of rotatable bonds is 2. The number of hydrogen-bond acceptors (Lipinski definition) is 3. The zero-order chi connectivity index (χ0) is 11.0. The van der Waals surface area contributed by atoms with Crippen LogP contribution < -0.4 is 14.6 Å². The summed E-state index contributed by atoms with van der Waals surface area (Å²) in [5.41, 5.74) is 1.09. The van der Waals surface area contributed by atoms with Crippen molar-refractivity contribution < 1.29 is 9.30 Å². The van der Waals surface area contributed by atoms with E-state index in [2.05, 4.69) is 20.1 Å². The second-order valence-corrected chi connectivity index (χ2v) is 3.71. The first-order valence-corrected chi connectivity index (χ1v) is 5.25. The van der Waals surface area contributed by atoms with Gasteiger partial charge in [-0.25, -0.2) is 4.57 Å². The number of aromatic nitrogens is 3. The van der Waals surface area contributed by atoms with Gasteiger partial charge in [-0.2, -0.15) is 5.10 Å². The Hall–Kier alpha value is -2.04. The van der Waals surface area contributed by atoms with Crippen molar-refractivity contribution in [2.24, 2.45) is 0 Å². The number of methoxy groups -OCH3 is 1. The Bertz CT molecular complexity index is 520. The molecule has 2 aromatic rings. The molecule has 0 saturated carbocycles. The summed E-state index contributed by atoms with van der Waals surface area (Å²) >= 11 is 0. The number of benzene rings is 1. The molecule has 0 unspecified atom stereocenters. The monoisotopic (exact) mass is 217 g/mol. The van der Waals surface area contributed by atoms with Crippen molar-refractivity contribution in [2.75, 3.05) is 19.0 Å². The summed E-state index contributed by atoms with van der Waals surface area (Å²) in [7, 11) is 1.67. The molecule has 2 heterocycles. The Morgan fingerprint density at radius 2 is 2.38 bits per heavy atom. The lowest BCUT2D eigenvalue weighted by Crippen LogP contribution is -2.31. The number of H-pyrrole nitrogens is 1. The molecule has 1 aromatic carbocycles. The van der Waals surface area contributed by atoms with Crippen molar-refractivity contribution in [2.45, 2.75) is 6.54 Å². The van der Waals surface area contributed by atoms with Crippen molar-refractivity contribution in [1.29, 1.82) is 0 Å². The first-order valence-electron chi connectivity index (χ1n) is 5.25. The molecule has 1 aliphatic rings. The molecule has 82 valence electrons. The first-order chi connectivity index (χ1) is 7.88. The van der Waals surface area contributed by atoms with E-state index in [1.54, 1.807) is 7.11 Å². The zero-order valence-electron chi connectivity index (χ0n) is 9.03. The highest BCUT2D eigenvalue weighted by molar-refractivity contribution is 5.55. The largest absolute Gasteiger partial charge is 0.497 e. The van der Waals surface area contributed by atoms with Gasteiger partial charge in [0.05, 0.1) is 20.2 Å². The number of nitrogens with zero attached hydrogens (tertiary/aromatic N) is 2. The minimum atomic E-state index is 0.854. The van der Waals surface area contributed by atoms with Crippen LogP contribution in [0.15, 0.2) is 24.3 Å². The van der Waals surface area contributed by atoms with Crippen molar-refractivity contribution in [3.63, 3.8) is 0 Å². The van der Waals surface area contributed by atoms with Gasteiger partial charge in [0.1, 0.15) is 5.75 Å². The van der Waals surface area contributed by atoms with Gasteiger partial charge in [-0.15, -0.1) is 0 Å². The van der Waals surface area contributed by atoms with Crippen molar-refractivity contribution in [1.82, 2.24) is 10.2 Å². The smallest absolute Gasteiger partial charge is 0.378 e. The van der Waals surface area contributed by atoms with E-state index in [1.807, 2.05) is 24.3 Å². The quantitative estimate of drug-likeness (QED) is 0.731. The zero-order valence-corrected chi connectivity index (χ0v) is 9.03. The summed E-state index contributed by atoms with van der Waals surface area (Å²) in [6.07, 6.45) is 0. The highest BCUT2D eigenvalue weighted by Gasteiger charge is 2.24. The van der Waals surface area contributed by atoms with Gasteiger partial charge in [-0.3, -0.25) is 5.32 Å². The molecule has 1 aromatic heterocycles. The molecule has 0 amide bonds. The molecule has 3 rings (SSSR count). The van der Waals surface area contributed by atoms with Crippen LogP contribution in [0.5, 0.6) is 5.75 Å². The summed E-state index contributed by atoms with van der Waals surface area (Å²) in [4.78, 5) is 0. The van der Waals surface area contributed by atoms with E-state index >= 15 is 0 Å². The Kier molecular flexibility index (Phi) is 2.02. The van der Waals surface area contributed by atoms with Gasteiger partial charge in [0.15, 0.2) is 0 Å². The molecule has 5 nitrogen and oxygen atoms in total. The van der Waals surface area contributed by atoms with Crippen molar-refractivity contribution >= 4 is 5.95 Å². The normalized spacial score (nSPS) is 13.3. The fourth-order valence-electron chi connectivity index (χ4n) is 1.96. The molecule has 0 saturated heterocycles. The van der Waals surface area contributed by atoms with E-state index in [1.165, 1.54) is 0 Å². The van der Waals surface area contributed by atoms with Gasteiger partial charge in [0.25, 0.3) is 0 Å². The van der Waals surface area contributed by atoms with E-state index in [0.29, 0.717) is 0 Å². The molecular formula is C11H13N4O+. The maximum Gasteiger partial charge on any atom is 0.378 e. The third kappa shape index (κ3) is 1.32.